The molecule has 0 spiro atoms. The number of thiazole rings is 1. The van der Waals surface area contributed by atoms with Gasteiger partial charge in [0.25, 0.3) is 0 Å². The Morgan fingerprint density at radius 2 is 2.15 bits per heavy atom. The van der Waals surface area contributed by atoms with Crippen LogP contribution in [0, 0.1) is 26.8 Å². The van der Waals surface area contributed by atoms with Crippen molar-refractivity contribution < 1.29 is 0 Å². The molecular formula is C9H10N3S. The molecule has 2 aromatic rings. The Labute approximate surface area is 81.1 Å². The topological polar surface area (TPSA) is 30.7 Å². The fourth-order valence-electron chi connectivity index (χ4n) is 1.07. The van der Waals surface area contributed by atoms with E-state index in [2.05, 4.69) is 23.1 Å². The molecule has 2 rings (SSSR count). The lowest BCUT2D eigenvalue weighted by molar-refractivity contribution is 0.834. The largest absolute Gasteiger partial charge is 0.223 e. The van der Waals surface area contributed by atoms with Gasteiger partial charge in [-0.25, -0.2) is 9.67 Å². The van der Waals surface area contributed by atoms with E-state index < -0.39 is 0 Å². The smallest absolute Gasteiger partial charge is 0.211 e. The fourth-order valence-corrected chi connectivity index (χ4v) is 1.99. The Hall–Kier alpha value is -1.16. The molecule has 2 heterocycles. The standard InChI is InChI=1S/C9H10N3S/c1-6-4-5-10-12(6)9-11-7(2)8(3)13-9/h5H,1-3H3. The molecule has 1 radical (unpaired) electrons. The zero-order chi connectivity index (χ0) is 9.42. The Morgan fingerprint density at radius 1 is 1.38 bits per heavy atom. The summed E-state index contributed by atoms with van der Waals surface area (Å²) in [6.45, 7) is 6.05. The van der Waals surface area contributed by atoms with Crippen LogP contribution in [0.25, 0.3) is 5.13 Å². The molecule has 0 aliphatic rings. The highest BCUT2D eigenvalue weighted by Gasteiger charge is 2.07. The van der Waals surface area contributed by atoms with Crippen LogP contribution in [0.4, 0.5) is 0 Å². The van der Waals surface area contributed by atoms with Crippen molar-refractivity contribution in [2.45, 2.75) is 20.8 Å². The number of rotatable bonds is 1. The number of hydrogen-bond acceptors (Lipinski definition) is 3. The van der Waals surface area contributed by atoms with E-state index in [9.17, 15) is 0 Å². The van der Waals surface area contributed by atoms with Crippen LogP contribution in [-0.2, 0) is 0 Å². The van der Waals surface area contributed by atoms with Crippen molar-refractivity contribution in [2.24, 2.45) is 0 Å². The molecule has 0 saturated heterocycles. The molecule has 3 nitrogen and oxygen atoms in total. The summed E-state index contributed by atoms with van der Waals surface area (Å²) in [5.41, 5.74) is 2.07. The lowest BCUT2D eigenvalue weighted by Gasteiger charge is -1.96. The Balaban J connectivity index is 2.53. The van der Waals surface area contributed by atoms with E-state index >= 15 is 0 Å². The third kappa shape index (κ3) is 1.37. The van der Waals surface area contributed by atoms with Crippen molar-refractivity contribution in [1.82, 2.24) is 14.8 Å². The van der Waals surface area contributed by atoms with Crippen LogP contribution < -0.4 is 0 Å². The highest BCUT2D eigenvalue weighted by atomic mass is 32.1. The quantitative estimate of drug-likeness (QED) is 0.692. The number of aryl methyl sites for hydroxylation is 3. The molecular weight excluding hydrogens is 182 g/mol. The second kappa shape index (κ2) is 2.96. The van der Waals surface area contributed by atoms with Crippen molar-refractivity contribution >= 4 is 11.3 Å². The normalized spacial score (nSPS) is 10.7. The molecule has 0 amide bonds. The molecule has 0 N–H and O–H groups in total. The lowest BCUT2D eigenvalue weighted by Crippen LogP contribution is -1.97. The molecule has 0 saturated carbocycles. The van der Waals surface area contributed by atoms with Gasteiger partial charge in [0.15, 0.2) is 0 Å². The van der Waals surface area contributed by atoms with Crippen molar-refractivity contribution in [1.29, 1.82) is 0 Å². The number of aromatic nitrogens is 3. The van der Waals surface area contributed by atoms with Crippen LogP contribution in [0.2, 0.25) is 0 Å². The maximum atomic E-state index is 4.41. The minimum atomic E-state index is 0.925. The monoisotopic (exact) mass is 192 g/mol. The first kappa shape index (κ1) is 8.44. The average Bonchev–Trinajstić information content (AvgIpc) is 2.60. The van der Waals surface area contributed by atoms with Gasteiger partial charge in [0.05, 0.1) is 17.6 Å². The van der Waals surface area contributed by atoms with E-state index in [-0.39, 0.29) is 0 Å². The summed E-state index contributed by atoms with van der Waals surface area (Å²) < 4.78 is 1.81. The van der Waals surface area contributed by atoms with Crippen molar-refractivity contribution in [3.63, 3.8) is 0 Å². The molecule has 0 aromatic carbocycles. The van der Waals surface area contributed by atoms with E-state index in [1.807, 2.05) is 18.5 Å². The van der Waals surface area contributed by atoms with Gasteiger partial charge in [-0.05, 0) is 20.8 Å². The molecule has 2 aromatic heterocycles. The van der Waals surface area contributed by atoms with Gasteiger partial charge in [-0.2, -0.15) is 5.10 Å². The van der Waals surface area contributed by atoms with Crippen LogP contribution in [0.3, 0.4) is 0 Å². The summed E-state index contributed by atoms with van der Waals surface area (Å²) in [5.74, 6) is 0. The van der Waals surface area contributed by atoms with E-state index in [0.717, 1.165) is 16.5 Å². The van der Waals surface area contributed by atoms with E-state index in [4.69, 9.17) is 0 Å². The number of hydrogen-bond donors (Lipinski definition) is 0. The van der Waals surface area contributed by atoms with Crippen LogP contribution in [0.5, 0.6) is 0 Å². The van der Waals surface area contributed by atoms with E-state index in [1.165, 1.54) is 4.88 Å². The molecule has 0 aliphatic heterocycles. The van der Waals surface area contributed by atoms with Crippen LogP contribution in [0.15, 0.2) is 6.20 Å². The second-order valence-corrected chi connectivity index (χ2v) is 4.11. The predicted molar refractivity (Wildman–Crippen MR) is 52.3 cm³/mol. The average molecular weight is 192 g/mol. The molecule has 0 aliphatic carbocycles. The van der Waals surface area contributed by atoms with Crippen LogP contribution in [0.1, 0.15) is 16.3 Å². The Kier molecular flexibility index (Phi) is 1.92. The molecule has 0 unspecified atom stereocenters. The van der Waals surface area contributed by atoms with Gasteiger partial charge in [-0.1, -0.05) is 11.3 Å². The first-order valence-electron chi connectivity index (χ1n) is 4.05. The van der Waals surface area contributed by atoms with Crippen molar-refractivity contribution in [3.8, 4) is 5.13 Å². The zero-order valence-electron chi connectivity index (χ0n) is 7.83. The maximum absolute atomic E-state index is 4.41. The lowest BCUT2D eigenvalue weighted by atomic mass is 10.4. The summed E-state index contributed by atoms with van der Waals surface area (Å²) in [5, 5.41) is 5.07. The molecule has 0 atom stereocenters. The van der Waals surface area contributed by atoms with Gasteiger partial charge in [0, 0.05) is 10.9 Å². The van der Waals surface area contributed by atoms with Crippen LogP contribution >= 0.6 is 11.3 Å². The first-order chi connectivity index (χ1) is 6.18. The predicted octanol–water partition coefficient (Wildman–Crippen LogP) is 2.05. The van der Waals surface area contributed by atoms with Gasteiger partial charge in [-0.15, -0.1) is 0 Å². The second-order valence-electron chi connectivity index (χ2n) is 2.92. The molecule has 13 heavy (non-hydrogen) atoms. The Bertz CT molecular complexity index is 408. The summed E-state index contributed by atoms with van der Waals surface area (Å²) in [6.07, 6.45) is 1.67. The molecule has 4 heteroatoms. The third-order valence-electron chi connectivity index (χ3n) is 1.96. The zero-order valence-corrected chi connectivity index (χ0v) is 8.64. The minimum Gasteiger partial charge on any atom is -0.223 e. The Morgan fingerprint density at radius 3 is 2.62 bits per heavy atom. The summed E-state index contributed by atoms with van der Waals surface area (Å²) in [4.78, 5) is 5.65. The minimum absolute atomic E-state index is 0.925. The van der Waals surface area contributed by atoms with Gasteiger partial charge in [0.1, 0.15) is 0 Å². The summed E-state index contributed by atoms with van der Waals surface area (Å²) in [7, 11) is 0. The molecule has 67 valence electrons. The summed E-state index contributed by atoms with van der Waals surface area (Å²) in [6, 6.07) is 3.01. The van der Waals surface area contributed by atoms with Crippen molar-refractivity contribution in [2.75, 3.05) is 0 Å². The SMILES string of the molecule is Cc1nc(-n2nc[c]c2C)sc1C. The highest BCUT2D eigenvalue weighted by molar-refractivity contribution is 7.14. The van der Waals surface area contributed by atoms with E-state index in [1.54, 1.807) is 17.5 Å². The van der Waals surface area contributed by atoms with Gasteiger partial charge < -0.3 is 0 Å². The van der Waals surface area contributed by atoms with Gasteiger partial charge in [-0.3, -0.25) is 0 Å². The fraction of sp³-hybridized carbons (Fsp3) is 0.333. The number of nitrogens with zero attached hydrogens (tertiary/aromatic N) is 3. The van der Waals surface area contributed by atoms with E-state index in [0.29, 0.717) is 0 Å². The summed E-state index contributed by atoms with van der Waals surface area (Å²) >= 11 is 1.66. The van der Waals surface area contributed by atoms with Gasteiger partial charge in [0.2, 0.25) is 5.13 Å². The maximum Gasteiger partial charge on any atom is 0.211 e. The third-order valence-corrected chi connectivity index (χ3v) is 3.01. The van der Waals surface area contributed by atoms with Crippen LogP contribution in [-0.4, -0.2) is 14.8 Å². The van der Waals surface area contributed by atoms with Gasteiger partial charge >= 0.3 is 0 Å². The highest BCUT2D eigenvalue weighted by Crippen LogP contribution is 2.20. The van der Waals surface area contributed by atoms with Crippen molar-refractivity contribution in [3.05, 3.63) is 28.5 Å². The molecule has 0 fully saturated rings. The molecule has 0 bridgehead atoms. The first-order valence-corrected chi connectivity index (χ1v) is 4.87.